The first kappa shape index (κ1) is 17.5. The molecule has 0 radical (unpaired) electrons. The van der Waals surface area contributed by atoms with E-state index in [1.165, 1.54) is 80.7 Å². The van der Waals surface area contributed by atoms with Crippen molar-refractivity contribution >= 4 is 15.9 Å². The average molecular weight is 377 g/mol. The maximum absolute atomic E-state index is 3.53. The quantitative estimate of drug-likeness (QED) is 0.501. The van der Waals surface area contributed by atoms with Crippen LogP contribution in [0.4, 0.5) is 0 Å². The standard InChI is InChI=1S/C22H33Br/c1-2-17-5-11-20(12-6-17)21-13-7-18(8-14-21)3-4-19-9-15-22(23)16-10-19/h9-10,15-18,20-21H,2-8,11-14H2,1H3. The lowest BCUT2D eigenvalue weighted by Gasteiger charge is -2.37. The van der Waals surface area contributed by atoms with Crippen molar-refractivity contribution in [3.8, 4) is 0 Å². The van der Waals surface area contributed by atoms with E-state index in [1.54, 1.807) is 0 Å². The molecule has 1 heteroatoms. The Balaban J connectivity index is 1.38. The van der Waals surface area contributed by atoms with Crippen LogP contribution in [-0.4, -0.2) is 0 Å². The lowest BCUT2D eigenvalue weighted by molar-refractivity contribution is 0.142. The Morgan fingerprint density at radius 2 is 1.30 bits per heavy atom. The third-order valence-electron chi connectivity index (χ3n) is 6.78. The van der Waals surface area contributed by atoms with E-state index in [0.29, 0.717) is 0 Å². The molecule has 0 atom stereocenters. The molecule has 128 valence electrons. The molecule has 0 N–H and O–H groups in total. The molecule has 0 nitrogen and oxygen atoms in total. The van der Waals surface area contributed by atoms with Crippen molar-refractivity contribution in [2.75, 3.05) is 0 Å². The van der Waals surface area contributed by atoms with Crippen molar-refractivity contribution in [2.45, 2.75) is 77.6 Å². The van der Waals surface area contributed by atoms with Crippen LogP contribution in [0.2, 0.25) is 0 Å². The zero-order valence-electron chi connectivity index (χ0n) is 14.8. The van der Waals surface area contributed by atoms with Gasteiger partial charge in [0.15, 0.2) is 0 Å². The van der Waals surface area contributed by atoms with Crippen LogP contribution in [0.25, 0.3) is 0 Å². The first-order chi connectivity index (χ1) is 11.2. The molecule has 0 amide bonds. The van der Waals surface area contributed by atoms with Gasteiger partial charge >= 0.3 is 0 Å². The zero-order chi connectivity index (χ0) is 16.1. The third-order valence-corrected chi connectivity index (χ3v) is 7.31. The van der Waals surface area contributed by atoms with Crippen LogP contribution in [0.1, 0.15) is 76.7 Å². The van der Waals surface area contributed by atoms with Crippen LogP contribution in [0.3, 0.4) is 0 Å². The van der Waals surface area contributed by atoms with Crippen LogP contribution in [-0.2, 0) is 6.42 Å². The van der Waals surface area contributed by atoms with Gasteiger partial charge in [-0.05, 0) is 79.9 Å². The number of aryl methyl sites for hydroxylation is 1. The molecule has 2 aliphatic rings. The molecule has 2 saturated carbocycles. The monoisotopic (exact) mass is 376 g/mol. The minimum Gasteiger partial charge on any atom is -0.0651 e. The number of halogens is 1. The number of hydrogen-bond acceptors (Lipinski definition) is 0. The molecule has 0 unspecified atom stereocenters. The summed E-state index contributed by atoms with van der Waals surface area (Å²) in [5, 5.41) is 0. The Morgan fingerprint density at radius 3 is 1.83 bits per heavy atom. The van der Waals surface area contributed by atoms with Crippen molar-refractivity contribution in [1.29, 1.82) is 0 Å². The summed E-state index contributed by atoms with van der Waals surface area (Å²) in [7, 11) is 0. The topological polar surface area (TPSA) is 0 Å². The molecule has 0 aliphatic heterocycles. The molecule has 2 aliphatic carbocycles. The first-order valence-corrected chi connectivity index (χ1v) is 10.8. The molecule has 1 aromatic rings. The normalized spacial score (nSPS) is 31.9. The molecule has 1 aromatic carbocycles. The fraction of sp³-hybridized carbons (Fsp3) is 0.727. The van der Waals surface area contributed by atoms with Gasteiger partial charge in [-0.15, -0.1) is 0 Å². The fourth-order valence-electron chi connectivity index (χ4n) is 5.04. The van der Waals surface area contributed by atoms with E-state index in [-0.39, 0.29) is 0 Å². The molecule has 0 heterocycles. The summed E-state index contributed by atoms with van der Waals surface area (Å²) in [5.74, 6) is 4.18. The summed E-state index contributed by atoms with van der Waals surface area (Å²) in [6.45, 7) is 2.38. The summed E-state index contributed by atoms with van der Waals surface area (Å²) in [4.78, 5) is 0. The Hall–Kier alpha value is -0.300. The number of rotatable bonds is 5. The van der Waals surface area contributed by atoms with E-state index >= 15 is 0 Å². The van der Waals surface area contributed by atoms with Crippen LogP contribution < -0.4 is 0 Å². The largest absolute Gasteiger partial charge is 0.0651 e. The number of benzene rings is 1. The second-order valence-electron chi connectivity index (χ2n) is 8.14. The van der Waals surface area contributed by atoms with Crippen molar-refractivity contribution in [2.24, 2.45) is 23.7 Å². The van der Waals surface area contributed by atoms with E-state index in [9.17, 15) is 0 Å². The van der Waals surface area contributed by atoms with Crippen LogP contribution in [0, 0.1) is 23.7 Å². The predicted octanol–water partition coefficient (Wildman–Crippen LogP) is 7.40. The highest BCUT2D eigenvalue weighted by Gasteiger charge is 2.30. The van der Waals surface area contributed by atoms with E-state index in [0.717, 1.165) is 23.7 Å². The van der Waals surface area contributed by atoms with E-state index in [4.69, 9.17) is 0 Å². The maximum Gasteiger partial charge on any atom is 0.0175 e. The summed E-state index contributed by atoms with van der Waals surface area (Å²) in [6.07, 6.45) is 16.2. The van der Waals surface area contributed by atoms with Crippen molar-refractivity contribution in [3.63, 3.8) is 0 Å². The minimum absolute atomic E-state index is 0.988. The number of hydrogen-bond donors (Lipinski definition) is 0. The van der Waals surface area contributed by atoms with E-state index in [1.807, 2.05) is 0 Å². The second kappa shape index (κ2) is 8.70. The van der Waals surface area contributed by atoms with Gasteiger partial charge in [-0.25, -0.2) is 0 Å². The van der Waals surface area contributed by atoms with Gasteiger partial charge in [0, 0.05) is 4.47 Å². The van der Waals surface area contributed by atoms with Crippen molar-refractivity contribution < 1.29 is 0 Å². The van der Waals surface area contributed by atoms with Gasteiger partial charge in [-0.2, -0.15) is 0 Å². The Kier molecular flexibility index (Phi) is 6.62. The smallest absolute Gasteiger partial charge is 0.0175 e. The van der Waals surface area contributed by atoms with Crippen LogP contribution in [0.15, 0.2) is 28.7 Å². The van der Waals surface area contributed by atoms with Crippen LogP contribution >= 0.6 is 15.9 Å². The molecule has 0 aromatic heterocycles. The molecule has 0 saturated heterocycles. The van der Waals surface area contributed by atoms with Gasteiger partial charge < -0.3 is 0 Å². The summed E-state index contributed by atoms with van der Waals surface area (Å²) < 4.78 is 1.19. The summed E-state index contributed by atoms with van der Waals surface area (Å²) in [6, 6.07) is 8.92. The van der Waals surface area contributed by atoms with E-state index < -0.39 is 0 Å². The SMILES string of the molecule is CCC1CCC(C2CCC(CCc3ccc(Br)cc3)CC2)CC1. The Labute approximate surface area is 151 Å². The van der Waals surface area contributed by atoms with Gasteiger partial charge in [0.25, 0.3) is 0 Å². The highest BCUT2D eigenvalue weighted by Crippen LogP contribution is 2.42. The lowest BCUT2D eigenvalue weighted by Crippen LogP contribution is -2.25. The van der Waals surface area contributed by atoms with Gasteiger partial charge in [0.05, 0.1) is 0 Å². The van der Waals surface area contributed by atoms with Crippen LogP contribution in [0.5, 0.6) is 0 Å². The first-order valence-electron chi connectivity index (χ1n) is 9.99. The molecule has 3 rings (SSSR count). The lowest BCUT2D eigenvalue weighted by atomic mass is 9.68. The molecule has 0 bridgehead atoms. The van der Waals surface area contributed by atoms with Crippen molar-refractivity contribution in [1.82, 2.24) is 0 Å². The highest BCUT2D eigenvalue weighted by atomic mass is 79.9. The minimum atomic E-state index is 0.988. The highest BCUT2D eigenvalue weighted by molar-refractivity contribution is 9.10. The summed E-state index contributed by atoms with van der Waals surface area (Å²) in [5.41, 5.74) is 1.51. The van der Waals surface area contributed by atoms with Gasteiger partial charge in [0.1, 0.15) is 0 Å². The molecule has 23 heavy (non-hydrogen) atoms. The Morgan fingerprint density at radius 1 is 0.783 bits per heavy atom. The third kappa shape index (κ3) is 5.08. The molecular formula is C22H33Br. The predicted molar refractivity (Wildman–Crippen MR) is 104 cm³/mol. The van der Waals surface area contributed by atoms with Gasteiger partial charge in [-0.3, -0.25) is 0 Å². The fourth-order valence-corrected chi connectivity index (χ4v) is 5.30. The van der Waals surface area contributed by atoms with Gasteiger partial charge in [0.2, 0.25) is 0 Å². The van der Waals surface area contributed by atoms with E-state index in [2.05, 4.69) is 47.1 Å². The second-order valence-corrected chi connectivity index (χ2v) is 9.05. The molecular weight excluding hydrogens is 344 g/mol. The molecule has 0 spiro atoms. The van der Waals surface area contributed by atoms with Crippen molar-refractivity contribution in [3.05, 3.63) is 34.3 Å². The zero-order valence-corrected chi connectivity index (χ0v) is 16.4. The average Bonchev–Trinajstić information content (AvgIpc) is 2.62. The Bertz CT molecular complexity index is 447. The maximum atomic E-state index is 3.53. The van der Waals surface area contributed by atoms with Gasteiger partial charge in [-0.1, -0.05) is 67.1 Å². The summed E-state index contributed by atoms with van der Waals surface area (Å²) >= 11 is 3.53. The molecule has 2 fully saturated rings.